The van der Waals surface area contributed by atoms with E-state index in [1.54, 1.807) is 45.0 Å². The molecule has 7 heteroatoms. The smallest absolute Gasteiger partial charge is 0.462 e. The summed E-state index contributed by atoms with van der Waals surface area (Å²) < 4.78 is 31.6. The van der Waals surface area contributed by atoms with Crippen molar-refractivity contribution >= 4 is 13.7 Å². The van der Waals surface area contributed by atoms with E-state index in [1.807, 2.05) is 13.0 Å². The van der Waals surface area contributed by atoms with Gasteiger partial charge in [-0.1, -0.05) is 45.9 Å². The van der Waals surface area contributed by atoms with Crippen LogP contribution in [0.25, 0.3) is 0 Å². The highest BCUT2D eigenvalue weighted by Crippen LogP contribution is 2.49. The van der Waals surface area contributed by atoms with E-state index in [0.717, 1.165) is 36.8 Å². The number of hydrogen-bond donors (Lipinski definition) is 1. The molecule has 0 aliphatic rings. The van der Waals surface area contributed by atoms with Crippen molar-refractivity contribution in [1.82, 2.24) is 5.09 Å². The van der Waals surface area contributed by atoms with Crippen LogP contribution < -0.4 is 14.1 Å². The van der Waals surface area contributed by atoms with Crippen LogP contribution in [0.2, 0.25) is 0 Å². The fraction of sp³-hybridized carbons (Fsp3) is 0.519. The first-order valence-corrected chi connectivity index (χ1v) is 13.8. The number of para-hydroxylation sites is 1. The average molecular weight is 490 g/mol. The summed E-state index contributed by atoms with van der Waals surface area (Å²) in [7, 11) is -4.02. The third kappa shape index (κ3) is 6.64. The Hall–Kier alpha value is -2.30. The van der Waals surface area contributed by atoms with Gasteiger partial charge in [0.05, 0.1) is 6.10 Å². The highest BCUT2D eigenvalue weighted by molar-refractivity contribution is 7.52. The van der Waals surface area contributed by atoms with Gasteiger partial charge in [0.15, 0.2) is 0 Å². The molecule has 2 aromatic carbocycles. The number of hydrogen-bond acceptors (Lipinski definition) is 5. The van der Waals surface area contributed by atoms with Crippen LogP contribution in [-0.2, 0) is 39.8 Å². The molecule has 34 heavy (non-hydrogen) atoms. The maximum Gasteiger partial charge on any atom is 0.513 e. The first-order chi connectivity index (χ1) is 16.1. The van der Waals surface area contributed by atoms with E-state index in [-0.39, 0.29) is 6.10 Å². The van der Waals surface area contributed by atoms with Crippen molar-refractivity contribution in [3.8, 4) is 11.5 Å². The third-order valence-corrected chi connectivity index (χ3v) is 7.39. The molecule has 0 heterocycles. The molecule has 0 fully saturated rings. The molecule has 0 aliphatic carbocycles. The Kier molecular flexibility index (Phi) is 10.2. The second-order valence-corrected chi connectivity index (χ2v) is 10.2. The van der Waals surface area contributed by atoms with Gasteiger partial charge in [-0.05, 0) is 93.3 Å². The number of ether oxygens (including phenoxy) is 1. The first kappa shape index (κ1) is 27.9. The van der Waals surface area contributed by atoms with Crippen LogP contribution in [0.5, 0.6) is 11.5 Å². The van der Waals surface area contributed by atoms with Crippen LogP contribution in [0.4, 0.5) is 0 Å². The van der Waals surface area contributed by atoms with Gasteiger partial charge in [-0.15, -0.1) is 0 Å². The molecule has 0 aromatic heterocycles. The van der Waals surface area contributed by atoms with Crippen LogP contribution in [0.15, 0.2) is 30.3 Å². The molecule has 0 bridgehead atoms. The maximum atomic E-state index is 14.2. The quantitative estimate of drug-likeness (QED) is 0.263. The number of esters is 1. The molecule has 0 saturated heterocycles. The number of carbonyl (C=O) groups excluding carboxylic acids is 1. The first-order valence-electron chi connectivity index (χ1n) is 12.3. The largest absolute Gasteiger partial charge is 0.513 e. The van der Waals surface area contributed by atoms with Crippen molar-refractivity contribution < 1.29 is 23.1 Å². The van der Waals surface area contributed by atoms with Crippen LogP contribution in [0, 0.1) is 6.92 Å². The summed E-state index contributed by atoms with van der Waals surface area (Å²) in [5.41, 5.74) is 5.79. The second-order valence-electron chi connectivity index (χ2n) is 8.61. The Bertz CT molecular complexity index is 1020. The second kappa shape index (κ2) is 12.4. The molecule has 0 saturated carbocycles. The van der Waals surface area contributed by atoms with E-state index in [9.17, 15) is 9.36 Å². The summed E-state index contributed by atoms with van der Waals surface area (Å²) in [5, 5.41) is 2.81. The Morgan fingerprint density at radius 1 is 0.853 bits per heavy atom. The van der Waals surface area contributed by atoms with Crippen LogP contribution in [0.1, 0.15) is 76.3 Å². The highest BCUT2D eigenvalue weighted by atomic mass is 31.2. The zero-order chi connectivity index (χ0) is 25.5. The lowest BCUT2D eigenvalue weighted by Crippen LogP contribution is -2.37. The van der Waals surface area contributed by atoms with Gasteiger partial charge in [-0.2, -0.15) is 5.09 Å². The summed E-state index contributed by atoms with van der Waals surface area (Å²) >= 11 is 0. The van der Waals surface area contributed by atoms with Gasteiger partial charge in [-0.25, -0.2) is 4.57 Å². The van der Waals surface area contributed by atoms with Gasteiger partial charge in [0, 0.05) is 0 Å². The molecule has 6 nitrogen and oxygen atoms in total. The Labute approximate surface area is 205 Å². The summed E-state index contributed by atoms with van der Waals surface area (Å²) in [5.74, 6) is 0.437. The highest BCUT2D eigenvalue weighted by Gasteiger charge is 2.36. The predicted molar refractivity (Wildman–Crippen MR) is 138 cm³/mol. The van der Waals surface area contributed by atoms with E-state index in [4.69, 9.17) is 13.8 Å². The number of rotatable bonds is 12. The fourth-order valence-electron chi connectivity index (χ4n) is 4.36. The summed E-state index contributed by atoms with van der Waals surface area (Å²) in [4.78, 5) is 12.5. The SMILES string of the molecule is CCc1c(C)c(OP(=O)(N[C@@H](C)C(=O)OC(C)C)Oc2ccccc2)c(CC)c(CC)c1CC. The van der Waals surface area contributed by atoms with Crippen molar-refractivity contribution in [3.05, 3.63) is 58.1 Å². The molecule has 1 unspecified atom stereocenters. The molecule has 188 valence electrons. The Morgan fingerprint density at radius 2 is 1.38 bits per heavy atom. The molecular weight excluding hydrogens is 449 g/mol. The number of nitrogens with one attached hydrogen (secondary N) is 1. The van der Waals surface area contributed by atoms with Crippen molar-refractivity contribution in [2.24, 2.45) is 0 Å². The number of carbonyl (C=O) groups is 1. The molecule has 0 radical (unpaired) electrons. The Balaban J connectivity index is 2.60. The lowest BCUT2D eigenvalue weighted by atomic mass is 9.86. The summed E-state index contributed by atoms with van der Waals surface area (Å²) in [6.45, 7) is 15.6. The summed E-state index contributed by atoms with van der Waals surface area (Å²) in [6, 6.07) is 7.94. The molecular formula is C27H40NO5P. The zero-order valence-corrected chi connectivity index (χ0v) is 22.8. The molecule has 2 atom stereocenters. The molecule has 2 aromatic rings. The minimum absolute atomic E-state index is 0.290. The molecule has 1 N–H and O–H groups in total. The van der Waals surface area contributed by atoms with Crippen molar-refractivity contribution in [2.45, 2.75) is 93.2 Å². The lowest BCUT2D eigenvalue weighted by Gasteiger charge is -2.28. The van der Waals surface area contributed by atoms with Gasteiger partial charge in [0.25, 0.3) is 0 Å². The predicted octanol–water partition coefficient (Wildman–Crippen LogP) is 6.74. The maximum absolute atomic E-state index is 14.2. The zero-order valence-electron chi connectivity index (χ0n) is 21.9. The molecule has 0 aliphatic heterocycles. The lowest BCUT2D eigenvalue weighted by molar-refractivity contribution is -0.149. The average Bonchev–Trinajstić information content (AvgIpc) is 2.79. The van der Waals surface area contributed by atoms with Crippen molar-refractivity contribution in [3.63, 3.8) is 0 Å². The van der Waals surface area contributed by atoms with Crippen LogP contribution in [-0.4, -0.2) is 18.1 Å². The number of benzene rings is 2. The van der Waals surface area contributed by atoms with E-state index in [0.29, 0.717) is 11.5 Å². The minimum Gasteiger partial charge on any atom is -0.462 e. The van der Waals surface area contributed by atoms with Gasteiger partial charge < -0.3 is 13.8 Å². The van der Waals surface area contributed by atoms with E-state index in [1.165, 1.54) is 16.7 Å². The van der Waals surface area contributed by atoms with E-state index in [2.05, 4.69) is 32.8 Å². The third-order valence-electron chi connectivity index (χ3n) is 5.81. The Morgan fingerprint density at radius 3 is 1.88 bits per heavy atom. The van der Waals surface area contributed by atoms with Crippen LogP contribution in [0.3, 0.4) is 0 Å². The normalized spacial score (nSPS) is 13.9. The molecule has 2 rings (SSSR count). The molecule has 0 amide bonds. The van der Waals surface area contributed by atoms with Gasteiger partial charge in [0.1, 0.15) is 17.5 Å². The minimum atomic E-state index is -4.02. The topological polar surface area (TPSA) is 73.9 Å². The fourth-order valence-corrected chi connectivity index (χ4v) is 5.97. The van der Waals surface area contributed by atoms with E-state index >= 15 is 0 Å². The standard InChI is InChI=1S/C27H40NO5P/c1-9-22-19(7)26(25(12-4)24(11-3)23(22)10-2)33-34(30,32-21-16-14-13-15-17-21)28-20(8)27(29)31-18(5)6/h13-18,20H,9-12H2,1-8H3,(H,28,30)/t20-,34?/m0/s1. The van der Waals surface area contributed by atoms with Gasteiger partial charge in [0.2, 0.25) is 0 Å². The van der Waals surface area contributed by atoms with Crippen molar-refractivity contribution in [1.29, 1.82) is 0 Å². The van der Waals surface area contributed by atoms with Crippen LogP contribution >= 0.6 is 7.75 Å². The van der Waals surface area contributed by atoms with Crippen molar-refractivity contribution in [2.75, 3.05) is 0 Å². The van der Waals surface area contributed by atoms with E-state index < -0.39 is 19.8 Å². The van der Waals surface area contributed by atoms with Gasteiger partial charge >= 0.3 is 13.7 Å². The summed E-state index contributed by atoms with van der Waals surface area (Å²) in [6.07, 6.45) is 3.06. The van der Waals surface area contributed by atoms with Gasteiger partial charge in [-0.3, -0.25) is 4.79 Å². The molecule has 0 spiro atoms. The monoisotopic (exact) mass is 489 g/mol.